The number of amides is 2. The van der Waals surface area contributed by atoms with Crippen LogP contribution in [0.3, 0.4) is 0 Å². The Morgan fingerprint density at radius 2 is 2.05 bits per heavy atom. The van der Waals surface area contributed by atoms with E-state index in [0.717, 1.165) is 25.9 Å². The van der Waals surface area contributed by atoms with Gasteiger partial charge in [0.1, 0.15) is 5.69 Å². The van der Waals surface area contributed by atoms with Crippen molar-refractivity contribution in [2.75, 3.05) is 32.5 Å². The number of nitrogens with zero attached hydrogens (tertiary/aromatic N) is 3. The zero-order valence-electron chi connectivity index (χ0n) is 12.2. The van der Waals surface area contributed by atoms with Gasteiger partial charge in [0.25, 0.3) is 0 Å². The molecule has 1 fully saturated rings. The van der Waals surface area contributed by atoms with Crippen LogP contribution >= 0.6 is 0 Å². The number of aromatic carboxylic acids is 1. The third kappa shape index (κ3) is 3.91. The first-order valence-electron chi connectivity index (χ1n) is 6.89. The van der Waals surface area contributed by atoms with E-state index in [-0.39, 0.29) is 17.8 Å². The van der Waals surface area contributed by atoms with E-state index < -0.39 is 5.97 Å². The molecule has 1 aromatic rings. The van der Waals surface area contributed by atoms with Gasteiger partial charge < -0.3 is 20.2 Å². The second kappa shape index (κ2) is 6.53. The van der Waals surface area contributed by atoms with Crippen LogP contribution in [0.2, 0.25) is 0 Å². The summed E-state index contributed by atoms with van der Waals surface area (Å²) in [5.74, 6) is -1.09. The third-order valence-electron chi connectivity index (χ3n) is 3.79. The van der Waals surface area contributed by atoms with Crippen molar-refractivity contribution in [2.24, 2.45) is 0 Å². The van der Waals surface area contributed by atoms with Crippen molar-refractivity contribution in [3.05, 3.63) is 24.0 Å². The number of carbonyl (C=O) groups is 2. The molecule has 0 aliphatic carbocycles. The minimum Gasteiger partial charge on any atom is -0.477 e. The van der Waals surface area contributed by atoms with Crippen molar-refractivity contribution in [1.82, 2.24) is 14.8 Å². The quantitative estimate of drug-likeness (QED) is 0.878. The van der Waals surface area contributed by atoms with Crippen LogP contribution in [0.5, 0.6) is 0 Å². The van der Waals surface area contributed by atoms with Gasteiger partial charge in [0.2, 0.25) is 0 Å². The molecule has 0 aromatic carbocycles. The Morgan fingerprint density at radius 1 is 1.38 bits per heavy atom. The second-order valence-electron chi connectivity index (χ2n) is 5.31. The Kier molecular flexibility index (Phi) is 4.74. The second-order valence-corrected chi connectivity index (χ2v) is 5.31. The Hall–Kier alpha value is -2.15. The standard InChI is InChI=1S/C14H20N4O3/c1-17-7-5-11(6-8-17)18(2)14(21)16-10-3-4-12(13(19)20)15-9-10/h3-4,9,11H,5-8H2,1-2H3,(H,16,21)(H,19,20). The summed E-state index contributed by atoms with van der Waals surface area (Å²) in [6.07, 6.45) is 3.26. The summed E-state index contributed by atoms with van der Waals surface area (Å²) in [6, 6.07) is 2.94. The number of carboxylic acid groups (broad SMARTS) is 1. The van der Waals surface area contributed by atoms with Crippen molar-refractivity contribution in [3.63, 3.8) is 0 Å². The van der Waals surface area contributed by atoms with Gasteiger partial charge in [-0.3, -0.25) is 0 Å². The van der Waals surface area contributed by atoms with E-state index in [1.165, 1.54) is 18.3 Å². The monoisotopic (exact) mass is 292 g/mol. The fourth-order valence-corrected chi connectivity index (χ4v) is 2.35. The summed E-state index contributed by atoms with van der Waals surface area (Å²) in [6.45, 7) is 1.97. The van der Waals surface area contributed by atoms with Gasteiger partial charge in [-0.25, -0.2) is 14.6 Å². The summed E-state index contributed by atoms with van der Waals surface area (Å²) >= 11 is 0. The molecule has 1 aliphatic heterocycles. The number of likely N-dealkylation sites (tertiary alicyclic amines) is 1. The highest BCUT2D eigenvalue weighted by molar-refractivity contribution is 5.90. The van der Waals surface area contributed by atoms with Crippen LogP contribution in [0.1, 0.15) is 23.3 Å². The Labute approximate surface area is 123 Å². The first-order valence-corrected chi connectivity index (χ1v) is 6.89. The molecule has 0 saturated carbocycles. The van der Waals surface area contributed by atoms with Gasteiger partial charge in [0, 0.05) is 13.1 Å². The Balaban J connectivity index is 1.92. The van der Waals surface area contributed by atoms with Crippen LogP contribution in [0.15, 0.2) is 18.3 Å². The fourth-order valence-electron chi connectivity index (χ4n) is 2.35. The van der Waals surface area contributed by atoms with Crippen molar-refractivity contribution in [3.8, 4) is 0 Å². The Bertz CT molecular complexity index is 509. The molecule has 1 saturated heterocycles. The lowest BCUT2D eigenvalue weighted by Gasteiger charge is -2.35. The molecule has 0 atom stereocenters. The van der Waals surface area contributed by atoms with Gasteiger partial charge in [0.15, 0.2) is 0 Å². The van der Waals surface area contributed by atoms with Crippen LogP contribution in [0, 0.1) is 0 Å². The lowest BCUT2D eigenvalue weighted by molar-refractivity contribution is 0.0690. The maximum absolute atomic E-state index is 12.2. The number of anilines is 1. The minimum absolute atomic E-state index is 0.0447. The highest BCUT2D eigenvalue weighted by Gasteiger charge is 2.24. The summed E-state index contributed by atoms with van der Waals surface area (Å²) in [4.78, 5) is 30.6. The predicted octanol–water partition coefficient (Wildman–Crippen LogP) is 1.34. The molecule has 0 unspecified atom stereocenters. The van der Waals surface area contributed by atoms with Gasteiger partial charge in [0.05, 0.1) is 11.9 Å². The largest absolute Gasteiger partial charge is 0.477 e. The number of pyridine rings is 1. The average molecular weight is 292 g/mol. The Morgan fingerprint density at radius 3 is 2.57 bits per heavy atom. The highest BCUT2D eigenvalue weighted by atomic mass is 16.4. The zero-order valence-corrected chi connectivity index (χ0v) is 12.2. The molecule has 21 heavy (non-hydrogen) atoms. The first-order chi connectivity index (χ1) is 9.97. The molecule has 2 amide bonds. The molecular formula is C14H20N4O3. The van der Waals surface area contributed by atoms with Gasteiger partial charge >= 0.3 is 12.0 Å². The van der Waals surface area contributed by atoms with Crippen LogP contribution in [-0.2, 0) is 0 Å². The number of nitrogens with one attached hydrogen (secondary N) is 1. The molecular weight excluding hydrogens is 272 g/mol. The van der Waals surface area contributed by atoms with Crippen molar-refractivity contribution < 1.29 is 14.7 Å². The van der Waals surface area contributed by atoms with E-state index in [9.17, 15) is 9.59 Å². The summed E-state index contributed by atoms with van der Waals surface area (Å²) in [5.41, 5.74) is 0.446. The number of aromatic nitrogens is 1. The number of urea groups is 1. The van der Waals surface area contributed by atoms with Crippen molar-refractivity contribution in [1.29, 1.82) is 0 Å². The number of hydrogen-bond acceptors (Lipinski definition) is 4. The molecule has 7 nitrogen and oxygen atoms in total. The van der Waals surface area contributed by atoms with E-state index >= 15 is 0 Å². The molecule has 0 bridgehead atoms. The van der Waals surface area contributed by atoms with Crippen LogP contribution < -0.4 is 5.32 Å². The molecule has 1 aliphatic rings. The number of carboxylic acids is 1. The predicted molar refractivity (Wildman–Crippen MR) is 78.5 cm³/mol. The molecule has 0 spiro atoms. The molecule has 2 rings (SSSR count). The SMILES string of the molecule is CN1CCC(N(C)C(=O)Nc2ccc(C(=O)O)nc2)CC1. The topological polar surface area (TPSA) is 85.8 Å². The van der Waals surface area contributed by atoms with Crippen LogP contribution in [-0.4, -0.2) is 65.1 Å². The van der Waals surface area contributed by atoms with E-state index in [0.29, 0.717) is 5.69 Å². The van der Waals surface area contributed by atoms with E-state index in [4.69, 9.17) is 5.11 Å². The number of rotatable bonds is 3. The van der Waals surface area contributed by atoms with Gasteiger partial charge in [-0.2, -0.15) is 0 Å². The third-order valence-corrected chi connectivity index (χ3v) is 3.79. The summed E-state index contributed by atoms with van der Waals surface area (Å²) in [7, 11) is 3.86. The molecule has 2 N–H and O–H groups in total. The summed E-state index contributed by atoms with van der Waals surface area (Å²) in [5, 5.41) is 11.5. The highest BCUT2D eigenvalue weighted by Crippen LogP contribution is 2.15. The molecule has 0 radical (unpaired) electrons. The molecule has 7 heteroatoms. The fraction of sp³-hybridized carbons (Fsp3) is 0.500. The number of piperidine rings is 1. The molecule has 1 aromatic heterocycles. The smallest absolute Gasteiger partial charge is 0.354 e. The van der Waals surface area contributed by atoms with E-state index in [1.807, 2.05) is 0 Å². The van der Waals surface area contributed by atoms with E-state index in [1.54, 1.807) is 11.9 Å². The lowest BCUT2D eigenvalue weighted by Crippen LogP contribution is -2.46. The van der Waals surface area contributed by atoms with Gasteiger partial charge in [-0.1, -0.05) is 0 Å². The van der Waals surface area contributed by atoms with E-state index in [2.05, 4.69) is 22.2 Å². The lowest BCUT2D eigenvalue weighted by atomic mass is 10.0. The summed E-state index contributed by atoms with van der Waals surface area (Å²) < 4.78 is 0. The molecule has 2 heterocycles. The number of hydrogen-bond donors (Lipinski definition) is 2. The zero-order chi connectivity index (χ0) is 15.4. The maximum atomic E-state index is 12.2. The number of carbonyl (C=O) groups excluding carboxylic acids is 1. The minimum atomic E-state index is -1.09. The van der Waals surface area contributed by atoms with Crippen molar-refractivity contribution in [2.45, 2.75) is 18.9 Å². The first kappa shape index (κ1) is 15.2. The van der Waals surface area contributed by atoms with Gasteiger partial charge in [-0.15, -0.1) is 0 Å². The maximum Gasteiger partial charge on any atom is 0.354 e. The molecule has 114 valence electrons. The van der Waals surface area contributed by atoms with Crippen LogP contribution in [0.4, 0.5) is 10.5 Å². The normalized spacial score (nSPS) is 16.5. The average Bonchev–Trinajstić information content (AvgIpc) is 2.47. The van der Waals surface area contributed by atoms with Gasteiger partial charge in [-0.05, 0) is 45.1 Å². The van der Waals surface area contributed by atoms with Crippen LogP contribution in [0.25, 0.3) is 0 Å². The van der Waals surface area contributed by atoms with Crippen molar-refractivity contribution >= 4 is 17.7 Å².